The summed E-state index contributed by atoms with van der Waals surface area (Å²) in [4.78, 5) is 37.3. The van der Waals surface area contributed by atoms with Crippen molar-refractivity contribution < 1.29 is 18.4 Å². The molecule has 1 aliphatic carbocycles. The molecule has 0 unspecified atom stereocenters. The van der Waals surface area contributed by atoms with E-state index in [1.807, 2.05) is 0 Å². The van der Waals surface area contributed by atoms with Crippen LogP contribution in [0.3, 0.4) is 0 Å². The summed E-state index contributed by atoms with van der Waals surface area (Å²) in [5.41, 5.74) is 11.1. The topological polar surface area (TPSA) is 128 Å². The molecule has 0 radical (unpaired) electrons. The molecule has 1 heterocycles. The van der Waals surface area contributed by atoms with Crippen LogP contribution in [0, 0.1) is 17.0 Å². The summed E-state index contributed by atoms with van der Waals surface area (Å²) >= 11 is 0. The molecule has 2 aromatic rings. The number of primary amides is 1. The van der Waals surface area contributed by atoms with Crippen LogP contribution in [0.2, 0.25) is 0 Å². The second-order valence-corrected chi connectivity index (χ2v) is 7.81. The van der Waals surface area contributed by atoms with Gasteiger partial charge in [0.05, 0.1) is 23.9 Å². The average molecular weight is 442 g/mol. The SMILES string of the molecule is CC(=O)C(C=C(N)c1ncc(F)c(N(C)CC2(C(N)=O)CC2)n1)=NCc1ccccc1F. The summed E-state index contributed by atoms with van der Waals surface area (Å²) in [6, 6.07) is 6.09. The minimum atomic E-state index is -0.690. The molecule has 1 saturated carbocycles. The Morgan fingerprint density at radius 1 is 1.22 bits per heavy atom. The molecule has 3 rings (SSSR count). The number of nitrogens with zero attached hydrogens (tertiary/aromatic N) is 4. The van der Waals surface area contributed by atoms with Gasteiger partial charge in [0.1, 0.15) is 11.5 Å². The van der Waals surface area contributed by atoms with Crippen molar-refractivity contribution in [2.75, 3.05) is 18.5 Å². The third kappa shape index (κ3) is 5.13. The normalized spacial score (nSPS) is 15.4. The Hall–Kier alpha value is -3.69. The number of ketones is 1. The number of anilines is 1. The lowest BCUT2D eigenvalue weighted by atomic mass is 10.1. The molecule has 10 heteroatoms. The monoisotopic (exact) mass is 442 g/mol. The standard InChI is InChI=1S/C22H24F2N6O2/c1-13(31)18(27-10-14-5-3-4-6-15(14)23)9-17(25)19-28-11-16(24)20(29-19)30(2)12-22(7-8-22)21(26)32/h3-6,9,11H,7-8,10,12,25H2,1-2H3,(H2,26,32). The number of rotatable bonds is 9. The molecule has 1 aromatic carbocycles. The van der Waals surface area contributed by atoms with E-state index in [4.69, 9.17) is 11.5 Å². The lowest BCUT2D eigenvalue weighted by molar-refractivity contribution is -0.122. The van der Waals surface area contributed by atoms with Crippen molar-refractivity contribution >= 4 is 28.9 Å². The molecule has 0 spiro atoms. The number of halogens is 2. The van der Waals surface area contributed by atoms with Crippen LogP contribution >= 0.6 is 0 Å². The molecule has 0 aliphatic heterocycles. The Balaban J connectivity index is 1.85. The quantitative estimate of drug-likeness (QED) is 0.572. The van der Waals surface area contributed by atoms with Crippen LogP contribution in [-0.4, -0.2) is 41.0 Å². The van der Waals surface area contributed by atoms with E-state index < -0.39 is 23.0 Å². The van der Waals surface area contributed by atoms with Crippen molar-refractivity contribution in [2.45, 2.75) is 26.3 Å². The van der Waals surface area contributed by atoms with Gasteiger partial charge in [0.25, 0.3) is 0 Å². The molecule has 168 valence electrons. The lowest BCUT2D eigenvalue weighted by Gasteiger charge is -2.23. The first-order valence-electron chi connectivity index (χ1n) is 9.93. The van der Waals surface area contributed by atoms with E-state index in [-0.39, 0.29) is 41.9 Å². The lowest BCUT2D eigenvalue weighted by Crippen LogP contribution is -2.36. The molecular weight excluding hydrogens is 418 g/mol. The number of hydrogen-bond acceptors (Lipinski definition) is 7. The largest absolute Gasteiger partial charge is 0.396 e. The zero-order valence-electron chi connectivity index (χ0n) is 17.8. The molecule has 32 heavy (non-hydrogen) atoms. The fourth-order valence-corrected chi connectivity index (χ4v) is 3.19. The molecule has 8 nitrogen and oxygen atoms in total. The first-order chi connectivity index (χ1) is 15.1. The predicted octanol–water partition coefficient (Wildman–Crippen LogP) is 1.99. The number of amides is 1. The fourth-order valence-electron chi connectivity index (χ4n) is 3.19. The summed E-state index contributed by atoms with van der Waals surface area (Å²) in [5, 5.41) is 0. The molecule has 1 aliphatic rings. The van der Waals surface area contributed by atoms with Gasteiger partial charge in [-0.1, -0.05) is 18.2 Å². The second-order valence-electron chi connectivity index (χ2n) is 7.81. The predicted molar refractivity (Wildman–Crippen MR) is 117 cm³/mol. The summed E-state index contributed by atoms with van der Waals surface area (Å²) in [6.45, 7) is 1.45. The molecular formula is C22H24F2N6O2. The van der Waals surface area contributed by atoms with E-state index in [1.165, 1.54) is 24.0 Å². The minimum absolute atomic E-state index is 0.000700. The zero-order chi connectivity index (χ0) is 23.5. The fraction of sp³-hybridized carbons (Fsp3) is 0.318. The van der Waals surface area contributed by atoms with Crippen LogP contribution in [0.15, 0.2) is 41.5 Å². The van der Waals surface area contributed by atoms with E-state index in [0.29, 0.717) is 18.4 Å². The van der Waals surface area contributed by atoms with Gasteiger partial charge in [-0.2, -0.15) is 0 Å². The summed E-state index contributed by atoms with van der Waals surface area (Å²) in [6.07, 6.45) is 3.50. The van der Waals surface area contributed by atoms with Gasteiger partial charge in [0.15, 0.2) is 23.2 Å². The maximum atomic E-state index is 14.4. The highest BCUT2D eigenvalue weighted by Gasteiger charge is 2.49. The van der Waals surface area contributed by atoms with E-state index in [0.717, 1.165) is 6.20 Å². The number of carbonyl (C=O) groups is 2. The van der Waals surface area contributed by atoms with Crippen LogP contribution in [-0.2, 0) is 16.1 Å². The number of Topliss-reactive ketones (excluding diaryl/α,β-unsaturated/α-hetero) is 1. The number of nitrogens with two attached hydrogens (primary N) is 2. The van der Waals surface area contributed by atoms with Crippen molar-refractivity contribution in [3.05, 3.63) is 59.6 Å². The summed E-state index contributed by atoms with van der Waals surface area (Å²) in [7, 11) is 1.59. The summed E-state index contributed by atoms with van der Waals surface area (Å²) < 4.78 is 28.2. The van der Waals surface area contributed by atoms with Crippen LogP contribution in [0.1, 0.15) is 31.2 Å². The van der Waals surface area contributed by atoms with Gasteiger partial charge in [-0.05, 0) is 25.0 Å². The smallest absolute Gasteiger partial charge is 0.225 e. The van der Waals surface area contributed by atoms with Gasteiger partial charge in [-0.15, -0.1) is 0 Å². The highest BCUT2D eigenvalue weighted by Crippen LogP contribution is 2.46. The first kappa shape index (κ1) is 23.0. The van der Waals surface area contributed by atoms with E-state index >= 15 is 0 Å². The number of allylic oxidation sites excluding steroid dienone is 1. The van der Waals surface area contributed by atoms with Gasteiger partial charge in [0, 0.05) is 26.1 Å². The Labute approximate surface area is 184 Å². The van der Waals surface area contributed by atoms with Crippen LogP contribution in [0.4, 0.5) is 14.6 Å². The molecule has 0 bridgehead atoms. The van der Waals surface area contributed by atoms with Gasteiger partial charge >= 0.3 is 0 Å². The highest BCUT2D eigenvalue weighted by atomic mass is 19.1. The Bertz CT molecular complexity index is 1110. The van der Waals surface area contributed by atoms with Crippen molar-refractivity contribution in [1.29, 1.82) is 0 Å². The number of hydrogen-bond donors (Lipinski definition) is 2. The zero-order valence-corrected chi connectivity index (χ0v) is 17.8. The number of carbonyl (C=O) groups excluding carboxylic acids is 2. The highest BCUT2D eigenvalue weighted by molar-refractivity contribution is 6.44. The van der Waals surface area contributed by atoms with E-state index in [1.54, 1.807) is 25.2 Å². The number of benzene rings is 1. The van der Waals surface area contributed by atoms with Crippen molar-refractivity contribution in [3.63, 3.8) is 0 Å². The van der Waals surface area contributed by atoms with Crippen LogP contribution in [0.5, 0.6) is 0 Å². The minimum Gasteiger partial charge on any atom is -0.396 e. The first-order valence-corrected chi connectivity index (χ1v) is 9.93. The van der Waals surface area contributed by atoms with E-state index in [9.17, 15) is 18.4 Å². The second kappa shape index (κ2) is 9.21. The molecule has 1 aromatic heterocycles. The van der Waals surface area contributed by atoms with Gasteiger partial charge in [-0.3, -0.25) is 14.6 Å². The van der Waals surface area contributed by atoms with Crippen molar-refractivity contribution in [2.24, 2.45) is 21.9 Å². The van der Waals surface area contributed by atoms with Crippen molar-refractivity contribution in [1.82, 2.24) is 9.97 Å². The summed E-state index contributed by atoms with van der Waals surface area (Å²) in [5.74, 6) is -2.01. The van der Waals surface area contributed by atoms with E-state index in [2.05, 4.69) is 15.0 Å². The molecule has 0 saturated heterocycles. The van der Waals surface area contributed by atoms with Crippen LogP contribution < -0.4 is 16.4 Å². The van der Waals surface area contributed by atoms with Crippen LogP contribution in [0.25, 0.3) is 5.70 Å². The van der Waals surface area contributed by atoms with Gasteiger partial charge in [0.2, 0.25) is 5.91 Å². The maximum Gasteiger partial charge on any atom is 0.225 e. The number of aromatic nitrogens is 2. The Kier molecular flexibility index (Phi) is 6.61. The molecule has 1 fully saturated rings. The Morgan fingerprint density at radius 2 is 1.91 bits per heavy atom. The Morgan fingerprint density at radius 3 is 2.50 bits per heavy atom. The molecule has 0 atom stereocenters. The molecule has 1 amide bonds. The third-order valence-electron chi connectivity index (χ3n) is 5.29. The van der Waals surface area contributed by atoms with Gasteiger partial charge in [-0.25, -0.2) is 18.7 Å². The third-order valence-corrected chi connectivity index (χ3v) is 5.29. The maximum absolute atomic E-state index is 14.4. The van der Waals surface area contributed by atoms with Crippen molar-refractivity contribution in [3.8, 4) is 0 Å². The number of aliphatic imine (C=N–C) groups is 1. The molecule has 4 N–H and O–H groups in total. The average Bonchev–Trinajstić information content (AvgIpc) is 3.52. The van der Waals surface area contributed by atoms with Gasteiger partial charge < -0.3 is 16.4 Å².